The number of halogens is 2. The van der Waals surface area contributed by atoms with E-state index in [-0.39, 0.29) is 18.3 Å². The van der Waals surface area contributed by atoms with Crippen LogP contribution in [0.4, 0.5) is 4.39 Å². The Kier molecular flexibility index (Phi) is 5.36. The maximum Gasteiger partial charge on any atom is 0.258 e. The van der Waals surface area contributed by atoms with E-state index in [1.807, 2.05) is 0 Å². The molecule has 1 aliphatic rings. The number of carbonyl (C=O) groups excluding carboxylic acids is 1. The first kappa shape index (κ1) is 17.8. The molecule has 1 aromatic carbocycles. The molecular formula is C17H19BrFN3O3. The zero-order valence-corrected chi connectivity index (χ0v) is 15.4. The number of rotatable bonds is 5. The Labute approximate surface area is 153 Å². The van der Waals surface area contributed by atoms with Crippen LogP contribution >= 0.6 is 15.9 Å². The Balaban J connectivity index is 1.68. The van der Waals surface area contributed by atoms with Gasteiger partial charge in [-0.1, -0.05) is 40.3 Å². The van der Waals surface area contributed by atoms with Crippen LogP contribution < -0.4 is 10.1 Å². The van der Waals surface area contributed by atoms with Gasteiger partial charge in [0.2, 0.25) is 5.89 Å². The molecule has 0 spiro atoms. The van der Waals surface area contributed by atoms with Crippen molar-refractivity contribution in [3.05, 3.63) is 40.2 Å². The summed E-state index contributed by atoms with van der Waals surface area (Å²) in [5.41, 5.74) is -0.644. The quantitative estimate of drug-likeness (QED) is 0.812. The van der Waals surface area contributed by atoms with Gasteiger partial charge in [0.1, 0.15) is 5.54 Å². The number of nitrogens with one attached hydrogen (secondary N) is 1. The van der Waals surface area contributed by atoms with Gasteiger partial charge in [-0.05, 0) is 31.0 Å². The molecule has 0 aliphatic heterocycles. The molecule has 25 heavy (non-hydrogen) atoms. The van der Waals surface area contributed by atoms with Gasteiger partial charge in [0.15, 0.2) is 24.0 Å². The standard InChI is InChI=1S/C17H19BrFN3O3/c1-11-20-16(22-25-11)17(7-3-2-4-8-17)21-15(23)10-24-14-6-5-12(18)9-13(14)19/h5-6,9H,2-4,7-8,10H2,1H3,(H,21,23). The topological polar surface area (TPSA) is 77.2 Å². The highest BCUT2D eigenvalue weighted by atomic mass is 79.9. The molecular weight excluding hydrogens is 393 g/mol. The second kappa shape index (κ2) is 7.51. The van der Waals surface area contributed by atoms with E-state index in [1.165, 1.54) is 12.1 Å². The van der Waals surface area contributed by atoms with E-state index < -0.39 is 11.4 Å². The largest absolute Gasteiger partial charge is 0.481 e. The first-order valence-corrected chi connectivity index (χ1v) is 8.97. The van der Waals surface area contributed by atoms with Gasteiger partial charge in [-0.15, -0.1) is 0 Å². The first-order chi connectivity index (χ1) is 12.0. The lowest BCUT2D eigenvalue weighted by Gasteiger charge is -2.35. The highest BCUT2D eigenvalue weighted by Crippen LogP contribution is 2.35. The lowest BCUT2D eigenvalue weighted by atomic mass is 9.81. The van der Waals surface area contributed by atoms with Crippen molar-refractivity contribution in [3.63, 3.8) is 0 Å². The minimum atomic E-state index is -0.644. The van der Waals surface area contributed by atoms with Gasteiger partial charge in [0, 0.05) is 11.4 Å². The molecule has 0 bridgehead atoms. The van der Waals surface area contributed by atoms with Crippen LogP contribution in [0.2, 0.25) is 0 Å². The van der Waals surface area contributed by atoms with E-state index in [2.05, 4.69) is 31.4 Å². The predicted octanol–water partition coefficient (Wildman–Crippen LogP) is 3.63. The van der Waals surface area contributed by atoms with E-state index in [9.17, 15) is 9.18 Å². The highest BCUT2D eigenvalue weighted by Gasteiger charge is 2.39. The van der Waals surface area contributed by atoms with E-state index in [0.29, 0.717) is 16.2 Å². The predicted molar refractivity (Wildman–Crippen MR) is 91.5 cm³/mol. The van der Waals surface area contributed by atoms with Crippen LogP contribution in [0.3, 0.4) is 0 Å². The summed E-state index contributed by atoms with van der Waals surface area (Å²) in [4.78, 5) is 16.7. The van der Waals surface area contributed by atoms with Crippen LogP contribution in [0, 0.1) is 12.7 Å². The summed E-state index contributed by atoms with van der Waals surface area (Å²) in [5, 5.41) is 6.98. The Morgan fingerprint density at radius 2 is 2.16 bits per heavy atom. The number of benzene rings is 1. The molecule has 1 N–H and O–H groups in total. The SMILES string of the molecule is Cc1nc(C2(NC(=O)COc3ccc(Br)cc3F)CCCCC2)no1. The Morgan fingerprint density at radius 3 is 2.80 bits per heavy atom. The molecule has 1 fully saturated rings. The average Bonchev–Trinajstić information content (AvgIpc) is 3.02. The van der Waals surface area contributed by atoms with Crippen molar-refractivity contribution in [2.24, 2.45) is 0 Å². The van der Waals surface area contributed by atoms with Gasteiger partial charge < -0.3 is 14.6 Å². The van der Waals surface area contributed by atoms with Crippen molar-refractivity contribution in [2.75, 3.05) is 6.61 Å². The van der Waals surface area contributed by atoms with Crippen molar-refractivity contribution in [1.82, 2.24) is 15.5 Å². The van der Waals surface area contributed by atoms with Gasteiger partial charge in [0.25, 0.3) is 5.91 Å². The van der Waals surface area contributed by atoms with Gasteiger partial charge in [-0.3, -0.25) is 4.79 Å². The van der Waals surface area contributed by atoms with E-state index >= 15 is 0 Å². The summed E-state index contributed by atoms with van der Waals surface area (Å²) in [6.45, 7) is 1.44. The minimum absolute atomic E-state index is 0.0337. The third-order valence-electron chi connectivity index (χ3n) is 4.29. The molecule has 1 aromatic heterocycles. The Hall–Kier alpha value is -1.96. The van der Waals surface area contributed by atoms with Crippen LogP contribution in [0.5, 0.6) is 5.75 Å². The second-order valence-corrected chi connectivity index (χ2v) is 7.11. The first-order valence-electron chi connectivity index (χ1n) is 8.18. The fourth-order valence-corrected chi connectivity index (χ4v) is 3.43. The third-order valence-corrected chi connectivity index (χ3v) is 4.79. The monoisotopic (exact) mass is 411 g/mol. The van der Waals surface area contributed by atoms with Crippen molar-refractivity contribution in [2.45, 2.75) is 44.6 Å². The molecule has 1 saturated carbocycles. The summed E-state index contributed by atoms with van der Waals surface area (Å²) in [7, 11) is 0. The van der Waals surface area contributed by atoms with Crippen LogP contribution in [0.1, 0.15) is 43.8 Å². The van der Waals surface area contributed by atoms with Crippen molar-refractivity contribution in [1.29, 1.82) is 0 Å². The summed E-state index contributed by atoms with van der Waals surface area (Å²) in [6, 6.07) is 4.42. The summed E-state index contributed by atoms with van der Waals surface area (Å²) in [5.74, 6) is 0.122. The summed E-state index contributed by atoms with van der Waals surface area (Å²) >= 11 is 3.18. The second-order valence-electron chi connectivity index (χ2n) is 6.19. The van der Waals surface area contributed by atoms with Gasteiger partial charge in [-0.25, -0.2) is 4.39 Å². The van der Waals surface area contributed by atoms with Crippen molar-refractivity contribution in [3.8, 4) is 5.75 Å². The third kappa shape index (κ3) is 4.18. The number of ether oxygens (including phenoxy) is 1. The number of amides is 1. The highest BCUT2D eigenvalue weighted by molar-refractivity contribution is 9.10. The van der Waals surface area contributed by atoms with Crippen molar-refractivity contribution < 1.29 is 18.4 Å². The normalized spacial score (nSPS) is 16.4. The lowest BCUT2D eigenvalue weighted by molar-refractivity contribution is -0.125. The maximum atomic E-state index is 13.8. The maximum absolute atomic E-state index is 13.8. The van der Waals surface area contributed by atoms with E-state index in [0.717, 1.165) is 32.1 Å². The Morgan fingerprint density at radius 1 is 1.40 bits per heavy atom. The molecule has 6 nitrogen and oxygen atoms in total. The van der Waals surface area contributed by atoms with Gasteiger partial charge >= 0.3 is 0 Å². The summed E-state index contributed by atoms with van der Waals surface area (Å²) < 4.78 is 24.8. The number of carbonyl (C=O) groups is 1. The minimum Gasteiger partial charge on any atom is -0.481 e. The van der Waals surface area contributed by atoms with Gasteiger partial charge in [-0.2, -0.15) is 4.98 Å². The molecule has 134 valence electrons. The molecule has 1 heterocycles. The van der Waals surface area contributed by atoms with E-state index in [4.69, 9.17) is 9.26 Å². The average molecular weight is 412 g/mol. The molecule has 0 unspecified atom stereocenters. The van der Waals surface area contributed by atoms with Crippen LogP contribution in [-0.2, 0) is 10.3 Å². The molecule has 3 rings (SSSR count). The Bertz CT molecular complexity index is 759. The van der Waals surface area contributed by atoms with Gasteiger partial charge in [0.05, 0.1) is 0 Å². The van der Waals surface area contributed by atoms with E-state index in [1.54, 1.807) is 13.0 Å². The zero-order valence-electron chi connectivity index (χ0n) is 13.8. The number of nitrogens with zero attached hydrogens (tertiary/aromatic N) is 2. The fraction of sp³-hybridized carbons (Fsp3) is 0.471. The number of aryl methyl sites for hydroxylation is 1. The molecule has 8 heteroatoms. The molecule has 0 saturated heterocycles. The molecule has 0 radical (unpaired) electrons. The number of hydrogen-bond donors (Lipinski definition) is 1. The molecule has 1 amide bonds. The number of hydrogen-bond acceptors (Lipinski definition) is 5. The smallest absolute Gasteiger partial charge is 0.258 e. The van der Waals surface area contributed by atoms with Crippen LogP contribution in [-0.4, -0.2) is 22.7 Å². The molecule has 1 aliphatic carbocycles. The van der Waals surface area contributed by atoms with Crippen LogP contribution in [0.25, 0.3) is 0 Å². The fourth-order valence-electron chi connectivity index (χ4n) is 3.09. The number of aromatic nitrogens is 2. The zero-order chi connectivity index (χ0) is 17.9. The van der Waals surface area contributed by atoms with Crippen LogP contribution in [0.15, 0.2) is 27.2 Å². The summed E-state index contributed by atoms with van der Waals surface area (Å²) in [6.07, 6.45) is 4.52. The lowest BCUT2D eigenvalue weighted by Crippen LogP contribution is -2.49. The molecule has 0 atom stereocenters. The molecule has 2 aromatic rings. The van der Waals surface area contributed by atoms with Crippen molar-refractivity contribution >= 4 is 21.8 Å².